The highest BCUT2D eigenvalue weighted by Gasteiger charge is 2.36. The fourth-order valence-electron chi connectivity index (χ4n) is 4.29. The molecule has 1 aliphatic carbocycles. The zero-order valence-electron chi connectivity index (χ0n) is 13.6. The largest absolute Gasteiger partial charge is 1.00 e. The van der Waals surface area contributed by atoms with E-state index in [2.05, 4.69) is 9.80 Å². The molecule has 3 fully saturated rings. The predicted octanol–water partition coefficient (Wildman–Crippen LogP) is -3.44. The molecule has 3 nitrogen and oxygen atoms in total. The van der Waals surface area contributed by atoms with E-state index in [0.717, 1.165) is 25.9 Å². The van der Waals surface area contributed by atoms with E-state index in [1.54, 1.807) is 0 Å². The molecule has 3 rings (SSSR count). The van der Waals surface area contributed by atoms with Gasteiger partial charge in [-0.05, 0) is 64.7 Å². The van der Waals surface area contributed by atoms with E-state index >= 15 is 0 Å². The van der Waals surface area contributed by atoms with Gasteiger partial charge in [0.2, 0.25) is 0 Å². The van der Waals surface area contributed by atoms with Gasteiger partial charge in [-0.2, -0.15) is 0 Å². The number of hydrogen-bond acceptors (Lipinski definition) is 3. The van der Waals surface area contributed by atoms with Gasteiger partial charge >= 0.3 is 0 Å². The van der Waals surface area contributed by atoms with Crippen LogP contribution in [0.5, 0.6) is 0 Å². The Hall–Kier alpha value is 0.170. The van der Waals surface area contributed by atoms with Crippen molar-refractivity contribution in [1.82, 2.24) is 9.80 Å². The maximum Gasteiger partial charge on any atom is 0.141 e. The van der Waals surface area contributed by atoms with E-state index in [1.807, 2.05) is 0 Å². The van der Waals surface area contributed by atoms with Crippen LogP contribution in [-0.2, 0) is 4.79 Å². The second kappa shape index (κ2) is 10.1. The highest BCUT2D eigenvalue weighted by atomic mass is 35.5. The molecule has 2 saturated heterocycles. The Morgan fingerprint density at radius 3 is 1.41 bits per heavy atom. The first-order valence-electron chi connectivity index (χ1n) is 8.81. The van der Waals surface area contributed by atoms with Crippen LogP contribution in [0.3, 0.4) is 0 Å². The third kappa shape index (κ3) is 5.36. The second-order valence-corrected chi connectivity index (χ2v) is 7.10. The van der Waals surface area contributed by atoms with Crippen molar-refractivity contribution in [2.45, 2.75) is 51.4 Å². The summed E-state index contributed by atoms with van der Waals surface area (Å²) in [5.74, 6) is 1.28. The van der Waals surface area contributed by atoms with E-state index < -0.39 is 0 Å². The summed E-state index contributed by atoms with van der Waals surface area (Å²) in [6, 6.07) is 0. The Morgan fingerprint density at radius 1 is 0.682 bits per heavy atom. The first kappa shape index (κ1) is 20.2. The highest BCUT2D eigenvalue weighted by molar-refractivity contribution is 5.85. The van der Waals surface area contributed by atoms with Crippen molar-refractivity contribution < 1.29 is 29.6 Å². The Bertz CT molecular complexity index is 299. The van der Waals surface area contributed by atoms with Gasteiger partial charge in [0.1, 0.15) is 5.78 Å². The zero-order chi connectivity index (χ0) is 13.8. The number of carbonyl (C=O) groups is 1. The maximum absolute atomic E-state index is 12.6. The molecule has 0 spiro atoms. The topological polar surface area (TPSA) is 23.6 Å². The van der Waals surface area contributed by atoms with Crippen LogP contribution in [-0.4, -0.2) is 54.9 Å². The summed E-state index contributed by atoms with van der Waals surface area (Å²) in [6.45, 7) is 6.99. The average molecular weight is 349 g/mol. The molecule has 2 heterocycles. The Kier molecular flexibility index (Phi) is 9.30. The van der Waals surface area contributed by atoms with Crippen molar-refractivity contribution in [2.24, 2.45) is 11.8 Å². The van der Waals surface area contributed by atoms with E-state index in [-0.39, 0.29) is 24.8 Å². The van der Waals surface area contributed by atoms with Crippen molar-refractivity contribution in [3.05, 3.63) is 0 Å². The predicted molar refractivity (Wildman–Crippen MR) is 81.8 cm³/mol. The number of likely N-dealkylation sites (tertiary alicyclic amines) is 2. The normalized spacial score (nSPS) is 30.6. The van der Waals surface area contributed by atoms with Gasteiger partial charge < -0.3 is 34.6 Å². The van der Waals surface area contributed by atoms with Crippen molar-refractivity contribution in [3.8, 4) is 0 Å². The Labute approximate surface area is 148 Å². The third-order valence-corrected chi connectivity index (χ3v) is 5.52. The lowest BCUT2D eigenvalue weighted by atomic mass is 10.00. The van der Waals surface area contributed by atoms with Gasteiger partial charge in [0.15, 0.2) is 0 Å². The fourth-order valence-corrected chi connectivity index (χ4v) is 4.29. The summed E-state index contributed by atoms with van der Waals surface area (Å²) >= 11 is 0. The number of Topliss-reactive ketones (excluding diaryl/α,β-unsaturated/α-hetero) is 1. The third-order valence-electron chi connectivity index (χ3n) is 5.52. The van der Waals surface area contributed by atoms with E-state index in [0.29, 0.717) is 17.6 Å². The molecule has 22 heavy (non-hydrogen) atoms. The molecule has 0 aromatic rings. The molecular weight excluding hydrogens is 319 g/mol. The quantitative estimate of drug-likeness (QED) is 0.528. The van der Waals surface area contributed by atoms with Crippen LogP contribution in [0.25, 0.3) is 0 Å². The first-order valence-corrected chi connectivity index (χ1v) is 8.81. The van der Waals surface area contributed by atoms with Crippen molar-refractivity contribution >= 4 is 5.78 Å². The van der Waals surface area contributed by atoms with Crippen LogP contribution < -0.4 is 24.8 Å². The molecule has 0 amide bonds. The molecule has 0 bridgehead atoms. The van der Waals surface area contributed by atoms with Gasteiger partial charge in [0.05, 0.1) is 0 Å². The second-order valence-electron chi connectivity index (χ2n) is 7.10. The fraction of sp³-hybridized carbons (Fsp3) is 0.941. The number of carbonyl (C=O) groups excluding carboxylic acids is 1. The van der Waals surface area contributed by atoms with Crippen molar-refractivity contribution in [1.29, 1.82) is 0 Å². The van der Waals surface area contributed by atoms with E-state index in [1.165, 1.54) is 64.7 Å². The summed E-state index contributed by atoms with van der Waals surface area (Å²) in [5.41, 5.74) is 0. The molecule has 2 unspecified atom stereocenters. The lowest BCUT2D eigenvalue weighted by molar-refractivity contribution is -0.125. The van der Waals surface area contributed by atoms with Crippen LogP contribution >= 0.6 is 0 Å². The molecule has 3 aliphatic rings. The first-order chi connectivity index (χ1) is 9.83. The summed E-state index contributed by atoms with van der Waals surface area (Å²) in [7, 11) is 0. The van der Waals surface area contributed by atoms with Gasteiger partial charge in [-0.1, -0.05) is 12.8 Å². The van der Waals surface area contributed by atoms with Crippen LogP contribution in [0.4, 0.5) is 0 Å². The maximum atomic E-state index is 12.6. The molecule has 0 N–H and O–H groups in total. The van der Waals surface area contributed by atoms with Gasteiger partial charge in [-0.3, -0.25) is 4.79 Å². The number of piperidine rings is 2. The molecule has 5 heteroatoms. The number of hydrogen-bond donors (Lipinski definition) is 0. The molecule has 0 radical (unpaired) electrons. The average Bonchev–Trinajstić information content (AvgIpc) is 2.83. The summed E-state index contributed by atoms with van der Waals surface area (Å²) in [6.07, 6.45) is 10.4. The van der Waals surface area contributed by atoms with Crippen LogP contribution in [0, 0.1) is 11.8 Å². The SMILES string of the molecule is O=C1C(CN2CCCCC2)CCC1CN1CCCCC1.[Cl-].[Cl-]. The van der Waals surface area contributed by atoms with Gasteiger partial charge in [-0.15, -0.1) is 0 Å². The number of rotatable bonds is 4. The van der Waals surface area contributed by atoms with Gasteiger partial charge in [0, 0.05) is 24.9 Å². The summed E-state index contributed by atoms with van der Waals surface area (Å²) in [4.78, 5) is 17.7. The lowest BCUT2D eigenvalue weighted by Gasteiger charge is -2.30. The van der Waals surface area contributed by atoms with Gasteiger partial charge in [0.25, 0.3) is 0 Å². The Balaban J connectivity index is 0.00000121. The summed E-state index contributed by atoms with van der Waals surface area (Å²) in [5, 5.41) is 0. The van der Waals surface area contributed by atoms with Crippen LogP contribution in [0.15, 0.2) is 0 Å². The molecule has 2 aliphatic heterocycles. The van der Waals surface area contributed by atoms with Crippen molar-refractivity contribution in [2.75, 3.05) is 39.3 Å². The standard InChI is InChI=1S/C17H30N2O.2ClH/c20-17-15(13-18-9-3-1-4-10-18)7-8-16(17)14-19-11-5-2-6-12-19;;/h15-16H,1-14H2;2*1H/p-2. The zero-order valence-corrected chi connectivity index (χ0v) is 15.1. The molecular formula is C17H30Cl2N2O-2. The molecule has 0 aromatic heterocycles. The molecule has 0 aromatic carbocycles. The Morgan fingerprint density at radius 2 is 1.05 bits per heavy atom. The minimum atomic E-state index is 0. The highest BCUT2D eigenvalue weighted by Crippen LogP contribution is 2.30. The smallest absolute Gasteiger partial charge is 0.141 e. The molecule has 1 saturated carbocycles. The van der Waals surface area contributed by atoms with Crippen LogP contribution in [0.2, 0.25) is 0 Å². The number of halogens is 2. The minimum Gasteiger partial charge on any atom is -1.00 e. The van der Waals surface area contributed by atoms with Crippen LogP contribution in [0.1, 0.15) is 51.4 Å². The number of ketones is 1. The van der Waals surface area contributed by atoms with Crippen molar-refractivity contribution in [3.63, 3.8) is 0 Å². The molecule has 130 valence electrons. The van der Waals surface area contributed by atoms with E-state index in [9.17, 15) is 4.79 Å². The molecule has 2 atom stereocenters. The lowest BCUT2D eigenvalue weighted by Crippen LogP contribution is -3.00. The monoisotopic (exact) mass is 348 g/mol. The number of nitrogens with zero attached hydrogens (tertiary/aromatic N) is 2. The van der Waals surface area contributed by atoms with Gasteiger partial charge in [-0.25, -0.2) is 0 Å². The minimum absolute atomic E-state index is 0. The van der Waals surface area contributed by atoms with E-state index in [4.69, 9.17) is 0 Å². The summed E-state index contributed by atoms with van der Waals surface area (Å²) < 4.78 is 0.